The van der Waals surface area contributed by atoms with E-state index in [0.717, 1.165) is 42.2 Å². The van der Waals surface area contributed by atoms with Crippen LogP contribution >= 0.6 is 0 Å². The Kier molecular flexibility index (Phi) is 7.59. The van der Waals surface area contributed by atoms with E-state index in [4.69, 9.17) is 0 Å². The van der Waals surface area contributed by atoms with Crippen LogP contribution in [-0.2, 0) is 6.42 Å². The lowest BCUT2D eigenvalue weighted by Gasteiger charge is -2.16. The minimum Gasteiger partial charge on any atom is -0.340 e. The molecule has 2 aromatic carbocycles. The summed E-state index contributed by atoms with van der Waals surface area (Å²) in [5.74, 6) is -0.0268. The zero-order chi connectivity index (χ0) is 26.6. The Balaban J connectivity index is 1.54. The maximum atomic E-state index is 15.3. The van der Waals surface area contributed by atoms with E-state index in [1.165, 1.54) is 12.3 Å². The average Bonchev–Trinajstić information content (AvgIpc) is 3.75. The van der Waals surface area contributed by atoms with Crippen LogP contribution in [0.3, 0.4) is 0 Å². The van der Waals surface area contributed by atoms with Gasteiger partial charge in [0.1, 0.15) is 11.5 Å². The van der Waals surface area contributed by atoms with Gasteiger partial charge < -0.3 is 4.90 Å². The van der Waals surface area contributed by atoms with E-state index in [1.54, 1.807) is 36.3 Å². The molecule has 2 heterocycles. The summed E-state index contributed by atoms with van der Waals surface area (Å²) >= 11 is 0. The molecule has 0 saturated heterocycles. The van der Waals surface area contributed by atoms with Gasteiger partial charge in [-0.2, -0.15) is 0 Å². The molecule has 0 aliphatic heterocycles. The van der Waals surface area contributed by atoms with Gasteiger partial charge in [-0.25, -0.2) is 4.39 Å². The molecular weight excluding hydrogens is 477 g/mol. The second-order valence-electron chi connectivity index (χ2n) is 10.2. The lowest BCUT2D eigenvalue weighted by molar-refractivity contribution is 0.0787. The number of aromatic nitrogens is 2. The lowest BCUT2D eigenvalue weighted by Crippen LogP contribution is -2.28. The summed E-state index contributed by atoms with van der Waals surface area (Å²) in [6.07, 6.45) is 8.33. The van der Waals surface area contributed by atoms with Crippen molar-refractivity contribution in [3.8, 4) is 11.1 Å². The molecule has 0 bridgehead atoms. The Bertz CT molecular complexity index is 1460. The molecule has 0 atom stereocenters. The predicted molar refractivity (Wildman–Crippen MR) is 148 cm³/mol. The first-order valence-electron chi connectivity index (χ1n) is 13.3. The highest BCUT2D eigenvalue weighted by Gasteiger charge is 2.27. The zero-order valence-corrected chi connectivity index (χ0v) is 21.9. The number of rotatable bonds is 10. The van der Waals surface area contributed by atoms with E-state index >= 15 is 4.39 Å². The molecule has 4 aromatic rings. The van der Waals surface area contributed by atoms with Gasteiger partial charge in [-0.3, -0.25) is 19.6 Å². The minimum absolute atomic E-state index is 0.0930. The van der Waals surface area contributed by atoms with Crippen molar-refractivity contribution >= 4 is 22.6 Å². The van der Waals surface area contributed by atoms with Gasteiger partial charge in [0.05, 0.1) is 5.52 Å². The van der Waals surface area contributed by atoms with Crippen LogP contribution in [-0.4, -0.2) is 40.2 Å². The van der Waals surface area contributed by atoms with Crippen molar-refractivity contribution in [3.05, 3.63) is 95.2 Å². The summed E-state index contributed by atoms with van der Waals surface area (Å²) < 4.78 is 15.3. The summed E-state index contributed by atoms with van der Waals surface area (Å²) in [5, 5.41) is 0.756. The molecule has 38 heavy (non-hydrogen) atoms. The second-order valence-corrected chi connectivity index (χ2v) is 10.2. The summed E-state index contributed by atoms with van der Waals surface area (Å²) in [6, 6.07) is 16.5. The van der Waals surface area contributed by atoms with Crippen LogP contribution in [0.1, 0.15) is 71.0 Å². The smallest absolute Gasteiger partial charge is 0.272 e. The Morgan fingerprint density at radius 3 is 2.50 bits per heavy atom. The van der Waals surface area contributed by atoms with Crippen molar-refractivity contribution in [2.75, 3.05) is 13.6 Å². The highest BCUT2D eigenvalue weighted by molar-refractivity contribution is 6.02. The Labute approximate surface area is 222 Å². The quantitative estimate of drug-likeness (QED) is 0.219. The van der Waals surface area contributed by atoms with Gasteiger partial charge in [-0.1, -0.05) is 49.7 Å². The molecule has 0 radical (unpaired) electrons. The molecule has 1 saturated carbocycles. The number of benzene rings is 2. The number of hydrogen-bond acceptors (Lipinski definition) is 4. The summed E-state index contributed by atoms with van der Waals surface area (Å²) in [7, 11) is 1.76. The van der Waals surface area contributed by atoms with Crippen molar-refractivity contribution in [1.29, 1.82) is 0 Å². The van der Waals surface area contributed by atoms with Crippen LogP contribution in [0.4, 0.5) is 4.39 Å². The largest absolute Gasteiger partial charge is 0.340 e. The van der Waals surface area contributed by atoms with Crippen molar-refractivity contribution in [2.24, 2.45) is 5.92 Å². The van der Waals surface area contributed by atoms with Gasteiger partial charge in [-0.15, -0.1) is 0 Å². The number of ketones is 1. The maximum Gasteiger partial charge on any atom is 0.272 e. The minimum atomic E-state index is -0.423. The second kappa shape index (κ2) is 11.2. The summed E-state index contributed by atoms with van der Waals surface area (Å²) in [4.78, 5) is 36.4. The van der Waals surface area contributed by atoms with Crippen LogP contribution in [0.2, 0.25) is 0 Å². The Hall–Kier alpha value is -3.93. The van der Waals surface area contributed by atoms with Crippen LogP contribution in [0.15, 0.2) is 67.0 Å². The third-order valence-electron chi connectivity index (χ3n) is 7.25. The molecular formula is C32H32FN3O2. The van der Waals surface area contributed by atoms with Crippen LogP contribution in [0, 0.1) is 11.7 Å². The number of carbonyl (C=O) groups is 2. The molecule has 2 aromatic heterocycles. The fraction of sp³-hybridized carbons (Fsp3) is 0.312. The van der Waals surface area contributed by atoms with E-state index < -0.39 is 5.82 Å². The number of Topliss-reactive ketones (excluding diaryl/α,β-unsaturated/α-hetero) is 1. The number of amides is 1. The van der Waals surface area contributed by atoms with E-state index in [9.17, 15) is 9.59 Å². The van der Waals surface area contributed by atoms with Crippen LogP contribution in [0.5, 0.6) is 0 Å². The van der Waals surface area contributed by atoms with Crippen molar-refractivity contribution in [1.82, 2.24) is 14.9 Å². The fourth-order valence-electron chi connectivity index (χ4n) is 4.79. The topological polar surface area (TPSA) is 63.2 Å². The van der Waals surface area contributed by atoms with Gasteiger partial charge in [-0.05, 0) is 54.9 Å². The van der Waals surface area contributed by atoms with Crippen molar-refractivity contribution in [3.63, 3.8) is 0 Å². The summed E-state index contributed by atoms with van der Waals surface area (Å²) in [5.41, 5.74) is 4.32. The van der Waals surface area contributed by atoms with Gasteiger partial charge in [0, 0.05) is 60.5 Å². The highest BCUT2D eigenvalue weighted by Crippen LogP contribution is 2.36. The highest BCUT2D eigenvalue weighted by atomic mass is 19.1. The van der Waals surface area contributed by atoms with Gasteiger partial charge >= 0.3 is 0 Å². The lowest BCUT2D eigenvalue weighted by atomic mass is 9.91. The summed E-state index contributed by atoms with van der Waals surface area (Å²) in [6.45, 7) is 2.74. The van der Waals surface area contributed by atoms with E-state index in [1.807, 2.05) is 30.3 Å². The molecule has 0 spiro atoms. The zero-order valence-electron chi connectivity index (χ0n) is 21.9. The Morgan fingerprint density at radius 1 is 1.03 bits per heavy atom. The number of hydrogen-bond donors (Lipinski definition) is 0. The molecule has 0 N–H and O–H groups in total. The van der Waals surface area contributed by atoms with Gasteiger partial charge in [0.2, 0.25) is 0 Å². The van der Waals surface area contributed by atoms with Gasteiger partial charge in [0.15, 0.2) is 5.78 Å². The van der Waals surface area contributed by atoms with Crippen molar-refractivity contribution < 1.29 is 14.0 Å². The van der Waals surface area contributed by atoms with E-state index in [0.29, 0.717) is 53.2 Å². The number of nitrogens with zero attached hydrogens (tertiary/aromatic N) is 3. The van der Waals surface area contributed by atoms with Crippen LogP contribution in [0.25, 0.3) is 22.0 Å². The number of carbonyl (C=O) groups excluding carboxylic acids is 2. The molecule has 1 aliphatic carbocycles. The Morgan fingerprint density at radius 2 is 1.82 bits per heavy atom. The fourth-order valence-corrected chi connectivity index (χ4v) is 4.79. The van der Waals surface area contributed by atoms with E-state index in [-0.39, 0.29) is 11.7 Å². The first-order valence-corrected chi connectivity index (χ1v) is 13.3. The molecule has 5 nitrogen and oxygen atoms in total. The molecule has 194 valence electrons. The van der Waals surface area contributed by atoms with Gasteiger partial charge in [0.25, 0.3) is 5.91 Å². The maximum absolute atomic E-state index is 15.3. The standard InChI is InChI=1S/C32H32FN3O2/c1-3-4-14-36(2)32(38)29-13-12-23(19-34-29)24-17-26-25(15-21-8-6-5-7-9-21)27(31(37)16-22-10-11-22)20-35-30(26)18-28(24)33/h5-9,12-13,17-20,22H,3-4,10-11,14-16H2,1-2H3. The number of unbranched alkanes of at least 4 members (excludes halogenated alkanes) is 1. The van der Waals surface area contributed by atoms with E-state index in [2.05, 4.69) is 16.9 Å². The molecule has 5 rings (SSSR count). The first kappa shape index (κ1) is 25.7. The third kappa shape index (κ3) is 5.64. The third-order valence-corrected chi connectivity index (χ3v) is 7.25. The predicted octanol–water partition coefficient (Wildman–Crippen LogP) is 6.88. The molecule has 1 fully saturated rings. The monoisotopic (exact) mass is 509 g/mol. The van der Waals surface area contributed by atoms with Crippen molar-refractivity contribution in [2.45, 2.75) is 45.4 Å². The molecule has 6 heteroatoms. The molecule has 1 aliphatic rings. The number of halogens is 1. The molecule has 1 amide bonds. The molecule has 0 unspecified atom stereocenters. The van der Waals surface area contributed by atoms with Crippen LogP contribution < -0.4 is 0 Å². The first-order chi connectivity index (χ1) is 18.4. The SMILES string of the molecule is CCCCN(C)C(=O)c1ccc(-c2cc3c(Cc4ccccc4)c(C(=O)CC4CC4)cnc3cc2F)cn1. The average molecular weight is 510 g/mol. The normalized spacial score (nSPS) is 13.0. The number of pyridine rings is 2. The number of fused-ring (bicyclic) bond motifs is 1.